The van der Waals surface area contributed by atoms with E-state index >= 15 is 0 Å². The lowest BCUT2D eigenvalue weighted by molar-refractivity contribution is 0.454. The Balaban J connectivity index is 0. The molecule has 0 spiro atoms. The molecule has 0 saturated carbocycles. The Morgan fingerprint density at radius 1 is 1.33 bits per heavy atom. The zero-order valence-electron chi connectivity index (χ0n) is 11.2. The molecule has 0 fully saturated rings. The summed E-state index contributed by atoms with van der Waals surface area (Å²) < 4.78 is 0. The lowest BCUT2D eigenvalue weighted by atomic mass is 10.3. The second kappa shape index (κ2) is 7.55. The van der Waals surface area contributed by atoms with Crippen LogP contribution in [0.15, 0.2) is 4.99 Å². The monoisotopic (exact) mass is 215 g/mol. The number of rotatable bonds is 5. The van der Waals surface area contributed by atoms with Crippen molar-refractivity contribution >= 4 is 5.96 Å². The Morgan fingerprint density at radius 3 is 2.33 bits per heavy atom. The van der Waals surface area contributed by atoms with Crippen LogP contribution < -0.4 is 5.32 Å². The number of hydrogen-bond acceptors (Lipinski definition) is 1. The maximum absolute atomic E-state index is 4.60. The van der Waals surface area contributed by atoms with Crippen LogP contribution in [0.5, 0.6) is 0 Å². The molecule has 0 aliphatic carbocycles. The smallest absolute Gasteiger partial charge is 0.194 e. The second-order valence-electron chi connectivity index (χ2n) is 4.62. The van der Waals surface area contributed by atoms with Gasteiger partial charge in [-0.25, -0.2) is 0 Å². The van der Waals surface area contributed by atoms with Crippen molar-refractivity contribution in [2.45, 2.75) is 59.5 Å². The van der Waals surface area contributed by atoms with Gasteiger partial charge in [-0.3, -0.25) is 4.99 Å². The first-order valence-corrected chi connectivity index (χ1v) is 6.02. The van der Waals surface area contributed by atoms with E-state index in [9.17, 15) is 0 Å². The van der Waals surface area contributed by atoms with E-state index in [-0.39, 0.29) is 1.43 Å². The minimum Gasteiger partial charge on any atom is -0.354 e. The van der Waals surface area contributed by atoms with Crippen LogP contribution in [0.4, 0.5) is 0 Å². The fourth-order valence-electron chi connectivity index (χ4n) is 1.25. The summed E-state index contributed by atoms with van der Waals surface area (Å²) in [7, 11) is 2.10. The summed E-state index contributed by atoms with van der Waals surface area (Å²) in [5.41, 5.74) is 0. The van der Waals surface area contributed by atoms with Crippen LogP contribution >= 0.6 is 0 Å². The van der Waals surface area contributed by atoms with Crippen LogP contribution in [-0.2, 0) is 0 Å². The molecule has 0 aliphatic heterocycles. The SMILES string of the molecule is CCCCN(C)C(=NC(C)C)NC(C)C.[HH]. The number of guanidine groups is 1. The lowest BCUT2D eigenvalue weighted by Crippen LogP contribution is -2.43. The number of unbranched alkanes of at least 4 members (excludes halogenated alkanes) is 1. The normalized spacial score (nSPS) is 12.4. The number of hydrogen-bond donors (Lipinski definition) is 1. The molecule has 1 N–H and O–H groups in total. The van der Waals surface area contributed by atoms with Gasteiger partial charge < -0.3 is 10.2 Å². The van der Waals surface area contributed by atoms with Gasteiger partial charge in [0.1, 0.15) is 0 Å². The molecular formula is C12H29N3. The molecule has 15 heavy (non-hydrogen) atoms. The van der Waals surface area contributed by atoms with Gasteiger partial charge in [0.05, 0.1) is 0 Å². The van der Waals surface area contributed by atoms with Crippen LogP contribution in [0.25, 0.3) is 0 Å². The zero-order chi connectivity index (χ0) is 11.8. The molecule has 92 valence electrons. The molecule has 0 radical (unpaired) electrons. The van der Waals surface area contributed by atoms with Gasteiger partial charge in [-0.1, -0.05) is 13.3 Å². The molecule has 0 heterocycles. The Labute approximate surface area is 96.4 Å². The molecular weight excluding hydrogens is 186 g/mol. The van der Waals surface area contributed by atoms with E-state index in [1.54, 1.807) is 0 Å². The minimum absolute atomic E-state index is 0. The van der Waals surface area contributed by atoms with E-state index < -0.39 is 0 Å². The molecule has 0 aromatic rings. The molecule has 0 bridgehead atoms. The summed E-state index contributed by atoms with van der Waals surface area (Å²) in [5, 5.41) is 3.40. The molecule has 0 atom stereocenters. The third-order valence-electron chi connectivity index (χ3n) is 2.01. The van der Waals surface area contributed by atoms with Crippen LogP contribution in [0.2, 0.25) is 0 Å². The molecule has 0 aromatic heterocycles. The predicted molar refractivity (Wildman–Crippen MR) is 70.5 cm³/mol. The van der Waals surface area contributed by atoms with Crippen molar-refractivity contribution in [3.63, 3.8) is 0 Å². The van der Waals surface area contributed by atoms with Gasteiger partial charge in [0.15, 0.2) is 5.96 Å². The summed E-state index contributed by atoms with van der Waals surface area (Å²) in [6.45, 7) is 11.8. The van der Waals surface area contributed by atoms with Crippen molar-refractivity contribution < 1.29 is 1.43 Å². The van der Waals surface area contributed by atoms with Crippen molar-refractivity contribution in [2.75, 3.05) is 13.6 Å². The van der Waals surface area contributed by atoms with E-state index in [1.807, 2.05) is 0 Å². The second-order valence-corrected chi connectivity index (χ2v) is 4.62. The van der Waals surface area contributed by atoms with Crippen molar-refractivity contribution in [2.24, 2.45) is 4.99 Å². The molecule has 0 unspecified atom stereocenters. The first-order valence-electron chi connectivity index (χ1n) is 6.02. The number of aliphatic imine (C=N–C) groups is 1. The largest absolute Gasteiger partial charge is 0.354 e. The minimum atomic E-state index is 0. The van der Waals surface area contributed by atoms with Gasteiger partial charge in [-0.05, 0) is 34.1 Å². The molecule has 3 heteroatoms. The standard InChI is InChI=1S/C12H27N3.H2/c1-7-8-9-15(6)12(13-10(2)3)14-11(4)5;/h10-11H,7-9H2,1-6H3,(H,13,14);1H. The van der Waals surface area contributed by atoms with Crippen LogP contribution in [0, 0.1) is 0 Å². The summed E-state index contributed by atoms with van der Waals surface area (Å²) >= 11 is 0. The average Bonchev–Trinajstić information content (AvgIpc) is 2.11. The molecule has 0 saturated heterocycles. The summed E-state index contributed by atoms with van der Waals surface area (Å²) in [4.78, 5) is 6.81. The maximum Gasteiger partial charge on any atom is 0.194 e. The zero-order valence-corrected chi connectivity index (χ0v) is 11.2. The first-order chi connectivity index (χ1) is 6.97. The van der Waals surface area contributed by atoms with Gasteiger partial charge in [-0.15, -0.1) is 0 Å². The summed E-state index contributed by atoms with van der Waals surface area (Å²) in [6, 6.07) is 0.780. The van der Waals surface area contributed by atoms with Gasteiger partial charge >= 0.3 is 0 Å². The van der Waals surface area contributed by atoms with Gasteiger partial charge in [0.25, 0.3) is 0 Å². The highest BCUT2D eigenvalue weighted by molar-refractivity contribution is 5.80. The summed E-state index contributed by atoms with van der Waals surface area (Å²) in [6.07, 6.45) is 2.44. The molecule has 0 aliphatic rings. The number of nitrogens with zero attached hydrogens (tertiary/aromatic N) is 2. The van der Waals surface area contributed by atoms with Gasteiger partial charge in [0.2, 0.25) is 0 Å². The molecule has 0 aromatic carbocycles. The van der Waals surface area contributed by atoms with Gasteiger partial charge in [0, 0.05) is 27.1 Å². The van der Waals surface area contributed by atoms with E-state index in [4.69, 9.17) is 0 Å². The highest BCUT2D eigenvalue weighted by atomic mass is 15.3. The van der Waals surface area contributed by atoms with Gasteiger partial charge in [-0.2, -0.15) is 0 Å². The van der Waals surface area contributed by atoms with E-state index in [0.29, 0.717) is 12.1 Å². The average molecular weight is 215 g/mol. The first kappa shape index (κ1) is 14.3. The number of nitrogens with one attached hydrogen (secondary N) is 1. The fourth-order valence-corrected chi connectivity index (χ4v) is 1.25. The Morgan fingerprint density at radius 2 is 1.93 bits per heavy atom. The van der Waals surface area contributed by atoms with Crippen LogP contribution in [-0.4, -0.2) is 36.5 Å². The maximum atomic E-state index is 4.60. The molecule has 0 rings (SSSR count). The van der Waals surface area contributed by atoms with Crippen LogP contribution in [0.3, 0.4) is 0 Å². The Kier molecular flexibility index (Phi) is 7.18. The van der Waals surface area contributed by atoms with Crippen LogP contribution in [0.1, 0.15) is 48.9 Å². The van der Waals surface area contributed by atoms with Crippen molar-refractivity contribution in [3.8, 4) is 0 Å². The third-order valence-corrected chi connectivity index (χ3v) is 2.01. The topological polar surface area (TPSA) is 27.6 Å². The molecule has 3 nitrogen and oxygen atoms in total. The van der Waals surface area contributed by atoms with E-state index in [1.165, 1.54) is 12.8 Å². The highest BCUT2D eigenvalue weighted by Gasteiger charge is 2.07. The lowest BCUT2D eigenvalue weighted by Gasteiger charge is -2.24. The molecule has 0 amide bonds. The van der Waals surface area contributed by atoms with E-state index in [0.717, 1.165) is 12.5 Å². The van der Waals surface area contributed by atoms with Crippen molar-refractivity contribution in [1.29, 1.82) is 0 Å². The predicted octanol–water partition coefficient (Wildman–Crippen LogP) is 2.73. The van der Waals surface area contributed by atoms with Crippen molar-refractivity contribution in [3.05, 3.63) is 0 Å². The third kappa shape index (κ3) is 7.23. The van der Waals surface area contributed by atoms with Crippen molar-refractivity contribution in [1.82, 2.24) is 10.2 Å². The summed E-state index contributed by atoms with van der Waals surface area (Å²) in [5.74, 6) is 1.02. The highest BCUT2D eigenvalue weighted by Crippen LogP contribution is 1.96. The fraction of sp³-hybridized carbons (Fsp3) is 0.917. The Hall–Kier alpha value is -0.730. The quantitative estimate of drug-likeness (QED) is 0.564. The van der Waals surface area contributed by atoms with E-state index in [2.05, 4.69) is 56.9 Å². The Bertz CT molecular complexity index is 191.